The number of carbonyl (C=O) groups excluding carboxylic acids is 1. The van der Waals surface area contributed by atoms with Crippen molar-refractivity contribution in [1.82, 2.24) is 0 Å². The minimum absolute atomic E-state index is 0.253. The van der Waals surface area contributed by atoms with E-state index in [1.807, 2.05) is 6.92 Å². The summed E-state index contributed by atoms with van der Waals surface area (Å²) in [6.45, 7) is 2.33. The van der Waals surface area contributed by atoms with Gasteiger partial charge in [0.05, 0.1) is 17.2 Å². The van der Waals surface area contributed by atoms with Crippen LogP contribution in [0.5, 0.6) is 5.75 Å². The molecule has 0 saturated heterocycles. The fraction of sp³-hybridized carbons (Fsp3) is 0.118. The van der Waals surface area contributed by atoms with Crippen molar-refractivity contribution in [2.45, 2.75) is 6.92 Å². The highest BCUT2D eigenvalue weighted by Gasteiger charge is 2.12. The van der Waals surface area contributed by atoms with Gasteiger partial charge in [0.1, 0.15) is 11.6 Å². The zero-order valence-electron chi connectivity index (χ0n) is 12.9. The molecule has 0 radical (unpaired) electrons. The molecule has 1 N–H and O–H groups in total. The van der Waals surface area contributed by atoms with E-state index in [1.165, 1.54) is 12.2 Å². The van der Waals surface area contributed by atoms with Crippen molar-refractivity contribution >= 4 is 23.4 Å². The molecule has 6 nitrogen and oxygen atoms in total. The van der Waals surface area contributed by atoms with Gasteiger partial charge in [-0.3, -0.25) is 14.9 Å². The SMILES string of the molecule is CCOc1ccccc1/C=C/C(=O)Nc1cc([N+](=O)[O-])ccc1F. The molecule has 0 unspecified atom stereocenters. The van der Waals surface area contributed by atoms with Crippen molar-refractivity contribution in [3.63, 3.8) is 0 Å². The molecule has 2 rings (SSSR count). The second-order valence-corrected chi connectivity index (χ2v) is 4.71. The number of rotatable bonds is 6. The van der Waals surface area contributed by atoms with E-state index in [2.05, 4.69) is 5.32 Å². The van der Waals surface area contributed by atoms with E-state index in [0.29, 0.717) is 17.9 Å². The third kappa shape index (κ3) is 4.39. The molecule has 0 atom stereocenters. The van der Waals surface area contributed by atoms with Crippen LogP contribution in [0.4, 0.5) is 15.8 Å². The Hall–Kier alpha value is -3.22. The Morgan fingerprint density at radius 2 is 2.08 bits per heavy atom. The number of amides is 1. The summed E-state index contributed by atoms with van der Waals surface area (Å²) in [6, 6.07) is 10.1. The van der Waals surface area contributed by atoms with Gasteiger partial charge in [-0.2, -0.15) is 0 Å². The molecular weight excluding hydrogens is 315 g/mol. The molecule has 0 aliphatic rings. The molecule has 0 heterocycles. The number of carbonyl (C=O) groups is 1. The van der Waals surface area contributed by atoms with Crippen molar-refractivity contribution in [3.8, 4) is 5.75 Å². The fourth-order valence-corrected chi connectivity index (χ4v) is 1.97. The molecule has 0 bridgehead atoms. The first kappa shape index (κ1) is 17.1. The number of halogens is 1. The first-order valence-electron chi connectivity index (χ1n) is 7.16. The molecule has 24 heavy (non-hydrogen) atoms. The number of benzene rings is 2. The third-order valence-corrected chi connectivity index (χ3v) is 3.05. The maximum absolute atomic E-state index is 13.6. The summed E-state index contributed by atoms with van der Waals surface area (Å²) in [6.07, 6.45) is 2.73. The number of nitrogens with zero attached hydrogens (tertiary/aromatic N) is 1. The Labute approximate surface area is 137 Å². The molecule has 1 amide bonds. The molecule has 0 saturated carbocycles. The summed E-state index contributed by atoms with van der Waals surface area (Å²) in [4.78, 5) is 22.0. The molecule has 0 aliphatic carbocycles. The minimum Gasteiger partial charge on any atom is -0.493 e. The van der Waals surface area contributed by atoms with Gasteiger partial charge in [0.15, 0.2) is 0 Å². The van der Waals surface area contributed by atoms with Gasteiger partial charge in [0, 0.05) is 23.8 Å². The van der Waals surface area contributed by atoms with E-state index in [0.717, 1.165) is 18.2 Å². The highest BCUT2D eigenvalue weighted by atomic mass is 19.1. The number of anilines is 1. The van der Waals surface area contributed by atoms with Gasteiger partial charge >= 0.3 is 0 Å². The van der Waals surface area contributed by atoms with Gasteiger partial charge in [-0.25, -0.2) is 4.39 Å². The second-order valence-electron chi connectivity index (χ2n) is 4.71. The van der Waals surface area contributed by atoms with Gasteiger partial charge < -0.3 is 10.1 Å². The third-order valence-electron chi connectivity index (χ3n) is 3.05. The lowest BCUT2D eigenvalue weighted by molar-refractivity contribution is -0.384. The summed E-state index contributed by atoms with van der Waals surface area (Å²) >= 11 is 0. The molecule has 7 heteroatoms. The van der Waals surface area contributed by atoms with Gasteiger partial charge in [0.2, 0.25) is 5.91 Å². The molecule has 0 fully saturated rings. The van der Waals surface area contributed by atoms with Crippen LogP contribution in [-0.2, 0) is 4.79 Å². The topological polar surface area (TPSA) is 81.5 Å². The van der Waals surface area contributed by atoms with E-state index in [1.54, 1.807) is 24.3 Å². The van der Waals surface area contributed by atoms with E-state index in [4.69, 9.17) is 4.74 Å². The predicted molar refractivity (Wildman–Crippen MR) is 88.3 cm³/mol. The zero-order valence-corrected chi connectivity index (χ0v) is 12.9. The summed E-state index contributed by atoms with van der Waals surface area (Å²) in [7, 11) is 0. The lowest BCUT2D eigenvalue weighted by Crippen LogP contribution is -2.09. The van der Waals surface area contributed by atoms with Gasteiger partial charge in [-0.15, -0.1) is 0 Å². The first-order valence-corrected chi connectivity index (χ1v) is 7.16. The zero-order chi connectivity index (χ0) is 17.5. The van der Waals surface area contributed by atoms with Crippen molar-refractivity contribution in [2.75, 3.05) is 11.9 Å². The minimum atomic E-state index is -0.753. The van der Waals surface area contributed by atoms with Crippen LogP contribution >= 0.6 is 0 Å². The van der Waals surface area contributed by atoms with Crippen LogP contribution < -0.4 is 10.1 Å². The quantitative estimate of drug-likeness (QED) is 0.496. The number of para-hydroxylation sites is 1. The molecule has 2 aromatic carbocycles. The predicted octanol–water partition coefficient (Wildman–Crippen LogP) is 3.78. The number of nitro benzene ring substituents is 1. The van der Waals surface area contributed by atoms with E-state index in [9.17, 15) is 19.3 Å². The molecular formula is C17H15FN2O4. The number of nitrogens with one attached hydrogen (secondary N) is 1. The Balaban J connectivity index is 2.14. The number of non-ortho nitro benzene ring substituents is 1. The number of nitro groups is 1. The van der Waals surface area contributed by atoms with E-state index in [-0.39, 0.29) is 11.4 Å². The largest absolute Gasteiger partial charge is 0.493 e. The lowest BCUT2D eigenvalue weighted by Gasteiger charge is -2.06. The van der Waals surface area contributed by atoms with Crippen molar-refractivity contribution in [2.24, 2.45) is 0 Å². The Kier molecular flexibility index (Phi) is 5.62. The van der Waals surface area contributed by atoms with Crippen LogP contribution in [0.2, 0.25) is 0 Å². The van der Waals surface area contributed by atoms with E-state index >= 15 is 0 Å². The Morgan fingerprint density at radius 1 is 1.33 bits per heavy atom. The molecule has 0 spiro atoms. The van der Waals surface area contributed by atoms with Crippen LogP contribution in [0, 0.1) is 15.9 Å². The van der Waals surface area contributed by atoms with E-state index < -0.39 is 16.6 Å². The average Bonchev–Trinajstić information content (AvgIpc) is 2.56. The number of ether oxygens (including phenoxy) is 1. The fourth-order valence-electron chi connectivity index (χ4n) is 1.97. The Morgan fingerprint density at radius 3 is 2.79 bits per heavy atom. The summed E-state index contributed by atoms with van der Waals surface area (Å²) in [5, 5.41) is 13.0. The average molecular weight is 330 g/mol. The molecule has 2 aromatic rings. The Bertz CT molecular complexity index is 790. The van der Waals surface area contributed by atoms with Gasteiger partial charge in [0.25, 0.3) is 5.69 Å². The molecule has 0 aromatic heterocycles. The summed E-state index contributed by atoms with van der Waals surface area (Å²) in [5.41, 5.74) is 0.128. The molecule has 0 aliphatic heterocycles. The number of hydrogen-bond acceptors (Lipinski definition) is 4. The maximum Gasteiger partial charge on any atom is 0.271 e. The summed E-state index contributed by atoms with van der Waals surface area (Å²) in [5.74, 6) is -0.747. The standard InChI is InChI=1S/C17H15FN2O4/c1-2-24-16-6-4-3-5-12(16)7-10-17(21)19-15-11-13(20(22)23)8-9-14(15)18/h3-11H,2H2,1H3,(H,19,21)/b10-7+. The van der Waals surface area contributed by atoms with Crippen molar-refractivity contribution in [1.29, 1.82) is 0 Å². The second kappa shape index (κ2) is 7.87. The van der Waals surface area contributed by atoms with Crippen molar-refractivity contribution < 1.29 is 18.8 Å². The van der Waals surface area contributed by atoms with Crippen LogP contribution in [0.3, 0.4) is 0 Å². The van der Waals surface area contributed by atoms with Crippen LogP contribution in [0.15, 0.2) is 48.5 Å². The van der Waals surface area contributed by atoms with Crippen molar-refractivity contribution in [3.05, 3.63) is 70.0 Å². The highest BCUT2D eigenvalue weighted by molar-refractivity contribution is 6.02. The maximum atomic E-state index is 13.6. The highest BCUT2D eigenvalue weighted by Crippen LogP contribution is 2.22. The molecule has 124 valence electrons. The van der Waals surface area contributed by atoms with Crippen LogP contribution in [-0.4, -0.2) is 17.4 Å². The van der Waals surface area contributed by atoms with Crippen LogP contribution in [0.1, 0.15) is 12.5 Å². The summed E-state index contributed by atoms with van der Waals surface area (Å²) < 4.78 is 19.1. The number of hydrogen-bond donors (Lipinski definition) is 1. The monoisotopic (exact) mass is 330 g/mol. The lowest BCUT2D eigenvalue weighted by atomic mass is 10.2. The van der Waals surface area contributed by atoms with Gasteiger partial charge in [-0.1, -0.05) is 18.2 Å². The van der Waals surface area contributed by atoms with Gasteiger partial charge in [-0.05, 0) is 25.1 Å². The smallest absolute Gasteiger partial charge is 0.271 e. The first-order chi connectivity index (χ1) is 11.5. The normalized spacial score (nSPS) is 10.6. The van der Waals surface area contributed by atoms with Crippen LogP contribution in [0.25, 0.3) is 6.08 Å².